The first-order chi connectivity index (χ1) is 13.1. The van der Waals surface area contributed by atoms with Crippen molar-refractivity contribution in [3.63, 3.8) is 0 Å². The lowest BCUT2D eigenvalue weighted by Crippen LogP contribution is -2.49. The lowest BCUT2D eigenvalue weighted by molar-refractivity contribution is 0.0253. The topological polar surface area (TPSA) is 50.8 Å². The highest BCUT2D eigenvalue weighted by Crippen LogP contribution is 2.33. The van der Waals surface area contributed by atoms with Gasteiger partial charge in [0.1, 0.15) is 11.9 Å². The summed E-state index contributed by atoms with van der Waals surface area (Å²) in [5.41, 5.74) is 3.84. The highest BCUT2D eigenvalue weighted by Gasteiger charge is 2.28. The molecule has 2 atom stereocenters. The van der Waals surface area contributed by atoms with E-state index in [9.17, 15) is 4.79 Å². The van der Waals surface area contributed by atoms with Crippen molar-refractivity contribution in [2.45, 2.75) is 32.4 Å². The Kier molecular flexibility index (Phi) is 5.03. The van der Waals surface area contributed by atoms with Crippen LogP contribution in [0.25, 0.3) is 0 Å². The Morgan fingerprint density at radius 1 is 1.22 bits per heavy atom. The highest BCUT2D eigenvalue weighted by molar-refractivity contribution is 5.93. The summed E-state index contributed by atoms with van der Waals surface area (Å²) in [6, 6.07) is 14.5. The van der Waals surface area contributed by atoms with Gasteiger partial charge in [-0.1, -0.05) is 18.2 Å². The van der Waals surface area contributed by atoms with Crippen LogP contribution in [-0.4, -0.2) is 38.3 Å². The third-order valence-electron chi connectivity index (χ3n) is 5.26. The van der Waals surface area contributed by atoms with E-state index in [0.717, 1.165) is 42.2 Å². The molecule has 0 spiro atoms. The monoisotopic (exact) mass is 366 g/mol. The van der Waals surface area contributed by atoms with Crippen LogP contribution in [0.3, 0.4) is 0 Å². The summed E-state index contributed by atoms with van der Waals surface area (Å²) in [7, 11) is 0. The Labute approximate surface area is 160 Å². The summed E-state index contributed by atoms with van der Waals surface area (Å²) < 4.78 is 11.2. The molecule has 0 bridgehead atoms. The van der Waals surface area contributed by atoms with E-state index in [-0.39, 0.29) is 12.1 Å². The van der Waals surface area contributed by atoms with E-state index in [0.29, 0.717) is 24.6 Å². The maximum Gasteiger partial charge on any atom is 0.339 e. The molecule has 2 aliphatic heterocycles. The first-order valence-electron chi connectivity index (χ1n) is 9.69. The number of nitrogens with zero attached hydrogens (tertiary/aromatic N) is 1. The molecule has 1 saturated heterocycles. The molecule has 4 rings (SSSR count). The lowest BCUT2D eigenvalue weighted by atomic mass is 9.94. The fourth-order valence-corrected chi connectivity index (χ4v) is 3.86. The number of carbonyl (C=O) groups is 1. The van der Waals surface area contributed by atoms with Crippen LogP contribution in [0.4, 0.5) is 5.69 Å². The number of carbonyl (C=O) groups excluding carboxylic acids is 1. The maximum absolute atomic E-state index is 12.7. The van der Waals surface area contributed by atoms with Crippen LogP contribution in [0.15, 0.2) is 42.5 Å². The van der Waals surface area contributed by atoms with Crippen molar-refractivity contribution in [1.82, 2.24) is 5.32 Å². The van der Waals surface area contributed by atoms with Crippen molar-refractivity contribution in [1.29, 1.82) is 0 Å². The van der Waals surface area contributed by atoms with Crippen LogP contribution in [-0.2, 0) is 11.2 Å². The normalized spacial score (nSPS) is 22.1. The predicted molar refractivity (Wildman–Crippen MR) is 106 cm³/mol. The minimum Gasteiger partial charge on any atom is -0.494 e. The lowest BCUT2D eigenvalue weighted by Gasteiger charge is -2.34. The third-order valence-corrected chi connectivity index (χ3v) is 5.26. The van der Waals surface area contributed by atoms with E-state index in [1.165, 1.54) is 0 Å². The molecule has 0 aromatic heterocycles. The molecule has 142 valence electrons. The van der Waals surface area contributed by atoms with Crippen molar-refractivity contribution >= 4 is 11.7 Å². The summed E-state index contributed by atoms with van der Waals surface area (Å²) in [6.07, 6.45) is 0.457. The fourth-order valence-electron chi connectivity index (χ4n) is 3.86. The second kappa shape index (κ2) is 7.61. The largest absolute Gasteiger partial charge is 0.494 e. The predicted octanol–water partition coefficient (Wildman–Crippen LogP) is 3.34. The van der Waals surface area contributed by atoms with E-state index in [1.54, 1.807) is 0 Å². The third kappa shape index (κ3) is 3.78. The van der Waals surface area contributed by atoms with Gasteiger partial charge >= 0.3 is 5.97 Å². The summed E-state index contributed by atoms with van der Waals surface area (Å²) >= 11 is 0. The van der Waals surface area contributed by atoms with Gasteiger partial charge < -0.3 is 19.7 Å². The number of hydrogen-bond acceptors (Lipinski definition) is 5. The van der Waals surface area contributed by atoms with Gasteiger partial charge in [-0.05, 0) is 49.2 Å². The van der Waals surface area contributed by atoms with Gasteiger partial charge in [0.2, 0.25) is 0 Å². The van der Waals surface area contributed by atoms with Crippen molar-refractivity contribution < 1.29 is 14.3 Å². The number of piperazine rings is 1. The van der Waals surface area contributed by atoms with Crippen LogP contribution in [0.1, 0.15) is 41.4 Å². The molecule has 2 aliphatic rings. The van der Waals surface area contributed by atoms with Crippen molar-refractivity contribution in [2.24, 2.45) is 0 Å². The van der Waals surface area contributed by atoms with E-state index >= 15 is 0 Å². The minimum absolute atomic E-state index is 0.236. The molecule has 2 aromatic carbocycles. The molecule has 2 heterocycles. The van der Waals surface area contributed by atoms with E-state index in [4.69, 9.17) is 9.47 Å². The van der Waals surface area contributed by atoms with Crippen LogP contribution in [0.5, 0.6) is 5.75 Å². The number of esters is 1. The first-order valence-corrected chi connectivity index (χ1v) is 9.69. The quantitative estimate of drug-likeness (QED) is 0.841. The minimum atomic E-state index is -0.245. The number of benzene rings is 2. The summed E-state index contributed by atoms with van der Waals surface area (Å²) in [5.74, 6) is 0.596. The summed E-state index contributed by atoms with van der Waals surface area (Å²) in [5, 5.41) is 3.45. The standard InChI is InChI=1S/C22H26N2O3/c1-3-26-19-8-5-16(6-9-19)21-12-17-4-7-18(13-20(17)22(25)27-21)24-11-10-23-15(2)14-24/h4-9,13,15,21,23H,3,10-12,14H2,1-2H3/t15-,21?/m0/s1. The van der Waals surface area contributed by atoms with Crippen LogP contribution in [0.2, 0.25) is 0 Å². The number of fused-ring (bicyclic) bond motifs is 1. The van der Waals surface area contributed by atoms with Crippen molar-refractivity contribution in [3.8, 4) is 5.75 Å². The Morgan fingerprint density at radius 2 is 2.04 bits per heavy atom. The van der Waals surface area contributed by atoms with Gasteiger partial charge in [0.25, 0.3) is 0 Å². The fraction of sp³-hybridized carbons (Fsp3) is 0.409. The van der Waals surface area contributed by atoms with Gasteiger partial charge in [-0.15, -0.1) is 0 Å². The van der Waals surface area contributed by atoms with Crippen LogP contribution in [0, 0.1) is 0 Å². The number of cyclic esters (lactones) is 1. The zero-order valence-electron chi connectivity index (χ0n) is 15.9. The highest BCUT2D eigenvalue weighted by atomic mass is 16.5. The molecule has 1 unspecified atom stereocenters. The van der Waals surface area contributed by atoms with Gasteiger partial charge in [0.15, 0.2) is 0 Å². The molecular weight excluding hydrogens is 340 g/mol. The van der Waals surface area contributed by atoms with E-state index in [1.807, 2.05) is 37.3 Å². The van der Waals surface area contributed by atoms with Gasteiger partial charge in [-0.3, -0.25) is 0 Å². The van der Waals surface area contributed by atoms with Gasteiger partial charge in [0.05, 0.1) is 12.2 Å². The summed E-state index contributed by atoms with van der Waals surface area (Å²) in [4.78, 5) is 15.0. The number of nitrogens with one attached hydrogen (secondary N) is 1. The zero-order valence-corrected chi connectivity index (χ0v) is 15.9. The smallest absolute Gasteiger partial charge is 0.339 e. The molecule has 0 aliphatic carbocycles. The molecule has 27 heavy (non-hydrogen) atoms. The van der Waals surface area contributed by atoms with Crippen molar-refractivity contribution in [2.75, 3.05) is 31.1 Å². The SMILES string of the molecule is CCOc1ccc(C2Cc3ccc(N4CCN[C@@H](C)C4)cc3C(=O)O2)cc1. The van der Waals surface area contributed by atoms with Gasteiger partial charge in [-0.2, -0.15) is 0 Å². The molecular formula is C22H26N2O3. The molecule has 0 radical (unpaired) electrons. The van der Waals surface area contributed by atoms with Crippen LogP contribution >= 0.6 is 0 Å². The second-order valence-corrected chi connectivity index (χ2v) is 7.24. The molecule has 1 N–H and O–H groups in total. The second-order valence-electron chi connectivity index (χ2n) is 7.24. The average molecular weight is 366 g/mol. The number of rotatable bonds is 4. The van der Waals surface area contributed by atoms with E-state index < -0.39 is 0 Å². The van der Waals surface area contributed by atoms with Crippen LogP contribution < -0.4 is 15.0 Å². The van der Waals surface area contributed by atoms with Gasteiger partial charge in [0, 0.05) is 37.8 Å². The number of ether oxygens (including phenoxy) is 2. The molecule has 0 saturated carbocycles. The summed E-state index contributed by atoms with van der Waals surface area (Å²) in [6.45, 7) is 7.64. The average Bonchev–Trinajstić information content (AvgIpc) is 2.68. The molecule has 1 fully saturated rings. The van der Waals surface area contributed by atoms with E-state index in [2.05, 4.69) is 29.3 Å². The zero-order chi connectivity index (χ0) is 18.8. The Bertz CT molecular complexity index is 819. The molecule has 5 nitrogen and oxygen atoms in total. The number of anilines is 1. The Hall–Kier alpha value is -2.53. The molecule has 5 heteroatoms. The molecule has 0 amide bonds. The first kappa shape index (κ1) is 17.9. The Morgan fingerprint density at radius 3 is 2.78 bits per heavy atom. The maximum atomic E-state index is 12.7. The Balaban J connectivity index is 1.53. The van der Waals surface area contributed by atoms with Gasteiger partial charge in [-0.25, -0.2) is 4.79 Å². The number of hydrogen-bond donors (Lipinski definition) is 1. The van der Waals surface area contributed by atoms with Crippen molar-refractivity contribution in [3.05, 3.63) is 59.2 Å². The molecule has 2 aromatic rings.